The molecule has 28 heavy (non-hydrogen) atoms. The van der Waals surface area contributed by atoms with Crippen LogP contribution in [0.4, 0.5) is 0 Å². The van der Waals surface area contributed by atoms with Crippen LogP contribution in [-0.4, -0.2) is 65.8 Å². The molecule has 2 aromatic rings. The van der Waals surface area contributed by atoms with Crippen molar-refractivity contribution in [3.8, 4) is 0 Å². The minimum atomic E-state index is -0.00440. The zero-order chi connectivity index (χ0) is 19.6. The maximum atomic E-state index is 12.5. The molecule has 4 rings (SSSR count). The number of carbonyl (C=O) groups excluding carboxylic acids is 1. The van der Waals surface area contributed by atoms with E-state index in [1.807, 2.05) is 11.8 Å². The second-order valence-electron chi connectivity index (χ2n) is 8.04. The summed E-state index contributed by atoms with van der Waals surface area (Å²) in [5.41, 5.74) is 1.33. The summed E-state index contributed by atoms with van der Waals surface area (Å²) in [6.07, 6.45) is 2.03. The van der Waals surface area contributed by atoms with Crippen molar-refractivity contribution in [2.75, 3.05) is 39.9 Å². The van der Waals surface area contributed by atoms with Crippen LogP contribution < -0.4 is 0 Å². The molecule has 1 aromatic carbocycles. The van der Waals surface area contributed by atoms with E-state index < -0.39 is 0 Å². The number of hydrogen-bond acceptors (Lipinski definition) is 6. The molecule has 2 saturated heterocycles. The minimum absolute atomic E-state index is 0.00440. The predicted molar refractivity (Wildman–Crippen MR) is 104 cm³/mol. The van der Waals surface area contributed by atoms with Gasteiger partial charge in [-0.2, -0.15) is 0 Å². The molecule has 0 bridgehead atoms. The topological polar surface area (TPSA) is 71.7 Å². The van der Waals surface area contributed by atoms with Crippen molar-refractivity contribution in [2.24, 2.45) is 5.41 Å². The third-order valence-corrected chi connectivity index (χ3v) is 6.21. The Morgan fingerprint density at radius 2 is 2.00 bits per heavy atom. The van der Waals surface area contributed by atoms with Crippen molar-refractivity contribution in [1.29, 1.82) is 0 Å². The largest absolute Gasteiger partial charge is 0.425 e. The van der Waals surface area contributed by atoms with Gasteiger partial charge in [0.25, 0.3) is 0 Å². The van der Waals surface area contributed by atoms with Gasteiger partial charge in [0.15, 0.2) is 0 Å². The summed E-state index contributed by atoms with van der Waals surface area (Å²) in [7, 11) is 1.56. The summed E-state index contributed by atoms with van der Waals surface area (Å²) in [6.45, 7) is 6.27. The number of ether oxygens (including phenoxy) is 1. The molecule has 1 unspecified atom stereocenters. The molecule has 150 valence electrons. The van der Waals surface area contributed by atoms with E-state index in [1.165, 1.54) is 5.56 Å². The summed E-state index contributed by atoms with van der Waals surface area (Å²) < 4.78 is 10.9. The van der Waals surface area contributed by atoms with Gasteiger partial charge in [0.05, 0.1) is 5.92 Å². The number of aromatic nitrogens is 2. The van der Waals surface area contributed by atoms with Gasteiger partial charge in [0.2, 0.25) is 17.7 Å². The van der Waals surface area contributed by atoms with Gasteiger partial charge in [-0.25, -0.2) is 0 Å². The number of aryl methyl sites for hydroxylation is 1. The third kappa shape index (κ3) is 3.82. The molecule has 7 heteroatoms. The highest BCUT2D eigenvalue weighted by Gasteiger charge is 2.51. The van der Waals surface area contributed by atoms with E-state index in [1.54, 1.807) is 7.11 Å². The van der Waals surface area contributed by atoms with E-state index in [0.717, 1.165) is 39.0 Å². The second kappa shape index (κ2) is 8.01. The number of methoxy groups -OCH3 is 1. The van der Waals surface area contributed by atoms with Crippen LogP contribution in [0.2, 0.25) is 0 Å². The molecule has 1 aromatic heterocycles. The Kier molecular flexibility index (Phi) is 5.46. The quantitative estimate of drug-likeness (QED) is 0.787. The Labute approximate surface area is 165 Å². The first-order valence-electron chi connectivity index (χ1n) is 9.93. The molecule has 0 N–H and O–H groups in total. The Morgan fingerprint density at radius 1 is 1.25 bits per heavy atom. The molecule has 1 atom stereocenters. The molecule has 7 nitrogen and oxygen atoms in total. The lowest BCUT2D eigenvalue weighted by Crippen LogP contribution is -2.44. The summed E-state index contributed by atoms with van der Waals surface area (Å²) in [4.78, 5) is 16.9. The lowest BCUT2D eigenvalue weighted by molar-refractivity contribution is -0.134. The van der Waals surface area contributed by atoms with E-state index >= 15 is 0 Å². The lowest BCUT2D eigenvalue weighted by atomic mass is 9.70. The fourth-order valence-corrected chi connectivity index (χ4v) is 4.67. The van der Waals surface area contributed by atoms with Crippen LogP contribution in [0, 0.1) is 12.3 Å². The molecule has 2 aliphatic heterocycles. The lowest BCUT2D eigenvalue weighted by Gasteiger charge is -2.41. The van der Waals surface area contributed by atoms with Crippen LogP contribution in [0.25, 0.3) is 0 Å². The van der Waals surface area contributed by atoms with Crippen LogP contribution in [0.15, 0.2) is 34.7 Å². The number of nitrogens with zero attached hydrogens (tertiary/aromatic N) is 4. The zero-order valence-corrected chi connectivity index (χ0v) is 16.6. The van der Waals surface area contributed by atoms with Crippen molar-refractivity contribution in [1.82, 2.24) is 20.0 Å². The van der Waals surface area contributed by atoms with Crippen LogP contribution in [0.3, 0.4) is 0 Å². The molecular weight excluding hydrogens is 356 g/mol. The van der Waals surface area contributed by atoms with Gasteiger partial charge in [0, 0.05) is 39.1 Å². The standard InChI is InChI=1S/C21H28N4O3/c1-16-22-23-20(28-16)18-13-25(19(26)14-27-2)15-21(18)8-10-24(11-9-21)12-17-6-4-3-5-7-17/h3-7,18H,8-15H2,1-2H3. The molecule has 1 spiro atoms. The average Bonchev–Trinajstić information content (AvgIpc) is 3.29. The Morgan fingerprint density at radius 3 is 2.64 bits per heavy atom. The molecule has 1 amide bonds. The second-order valence-corrected chi connectivity index (χ2v) is 8.04. The van der Waals surface area contributed by atoms with Crippen LogP contribution in [0.5, 0.6) is 0 Å². The summed E-state index contributed by atoms with van der Waals surface area (Å²) in [5.74, 6) is 1.37. The molecule has 2 aliphatic rings. The Bertz CT molecular complexity index is 799. The van der Waals surface area contributed by atoms with Crippen LogP contribution in [-0.2, 0) is 16.1 Å². The highest BCUT2D eigenvalue weighted by atomic mass is 16.5. The number of hydrogen-bond donors (Lipinski definition) is 0. The van der Waals surface area contributed by atoms with E-state index in [-0.39, 0.29) is 23.8 Å². The first-order chi connectivity index (χ1) is 13.6. The Hall–Kier alpha value is -2.25. The zero-order valence-electron chi connectivity index (χ0n) is 16.6. The van der Waals surface area contributed by atoms with Crippen molar-refractivity contribution in [3.63, 3.8) is 0 Å². The van der Waals surface area contributed by atoms with E-state index in [2.05, 4.69) is 45.4 Å². The monoisotopic (exact) mass is 384 g/mol. The van der Waals surface area contributed by atoms with Crippen LogP contribution in [0.1, 0.15) is 36.1 Å². The van der Waals surface area contributed by atoms with Crippen molar-refractivity contribution >= 4 is 5.91 Å². The number of piperidine rings is 1. The first kappa shape index (κ1) is 19.1. The van der Waals surface area contributed by atoms with Gasteiger partial charge in [-0.1, -0.05) is 30.3 Å². The maximum Gasteiger partial charge on any atom is 0.248 e. The van der Waals surface area contributed by atoms with Gasteiger partial charge in [0.1, 0.15) is 6.61 Å². The van der Waals surface area contributed by atoms with Gasteiger partial charge >= 0.3 is 0 Å². The minimum Gasteiger partial charge on any atom is -0.425 e. The highest BCUT2D eigenvalue weighted by molar-refractivity contribution is 5.78. The number of amides is 1. The number of rotatable bonds is 5. The fourth-order valence-electron chi connectivity index (χ4n) is 4.67. The molecular formula is C21H28N4O3. The molecule has 0 saturated carbocycles. The molecule has 0 radical (unpaired) electrons. The van der Waals surface area contributed by atoms with Crippen molar-refractivity contribution in [2.45, 2.75) is 32.2 Å². The average molecular weight is 384 g/mol. The number of carbonyl (C=O) groups is 1. The summed E-state index contributed by atoms with van der Waals surface area (Å²) >= 11 is 0. The normalized spacial score (nSPS) is 22.1. The van der Waals surface area contributed by atoms with Crippen molar-refractivity contribution in [3.05, 3.63) is 47.7 Å². The number of likely N-dealkylation sites (tertiary alicyclic amines) is 2. The highest BCUT2D eigenvalue weighted by Crippen LogP contribution is 2.49. The van der Waals surface area contributed by atoms with Gasteiger partial charge in [-0.15, -0.1) is 10.2 Å². The van der Waals surface area contributed by atoms with E-state index in [4.69, 9.17) is 9.15 Å². The van der Waals surface area contributed by atoms with Gasteiger partial charge in [-0.3, -0.25) is 9.69 Å². The Balaban J connectivity index is 1.49. The smallest absolute Gasteiger partial charge is 0.248 e. The summed E-state index contributed by atoms with van der Waals surface area (Å²) in [6, 6.07) is 10.6. The van der Waals surface area contributed by atoms with Crippen molar-refractivity contribution < 1.29 is 13.9 Å². The van der Waals surface area contributed by atoms with E-state index in [9.17, 15) is 4.79 Å². The third-order valence-electron chi connectivity index (χ3n) is 6.21. The molecule has 3 heterocycles. The first-order valence-corrected chi connectivity index (χ1v) is 9.93. The van der Waals surface area contributed by atoms with Gasteiger partial charge < -0.3 is 14.1 Å². The fraction of sp³-hybridized carbons (Fsp3) is 0.571. The van der Waals surface area contributed by atoms with Gasteiger partial charge in [-0.05, 0) is 31.5 Å². The summed E-state index contributed by atoms with van der Waals surface area (Å²) in [5, 5.41) is 8.34. The molecule has 2 fully saturated rings. The van der Waals surface area contributed by atoms with E-state index in [0.29, 0.717) is 18.3 Å². The maximum absolute atomic E-state index is 12.5. The van der Waals surface area contributed by atoms with Crippen LogP contribution >= 0.6 is 0 Å². The predicted octanol–water partition coefficient (Wildman–Crippen LogP) is 2.23. The molecule has 0 aliphatic carbocycles. The SMILES string of the molecule is COCC(=O)N1CC(c2nnc(C)o2)C2(CCN(Cc3ccccc3)CC2)C1. The number of benzene rings is 1.